The first kappa shape index (κ1) is 25.1. The van der Waals surface area contributed by atoms with Crippen LogP contribution in [-0.4, -0.2) is 40.6 Å². The van der Waals surface area contributed by atoms with E-state index >= 15 is 0 Å². The first-order valence-electron chi connectivity index (χ1n) is 11.2. The number of Topliss-reactive ketones (excluding diaryl/α,β-unsaturated/α-hetero) is 1. The van der Waals surface area contributed by atoms with Crippen LogP contribution in [0, 0.1) is 5.92 Å². The van der Waals surface area contributed by atoms with Crippen LogP contribution in [0.5, 0.6) is 0 Å². The maximum Gasteiger partial charge on any atom is 0.243 e. The van der Waals surface area contributed by atoms with Gasteiger partial charge in [-0.25, -0.2) is 0 Å². The molecule has 1 heterocycles. The summed E-state index contributed by atoms with van der Waals surface area (Å²) >= 11 is 0. The number of fused-ring (bicyclic) bond motifs is 1. The smallest absolute Gasteiger partial charge is 0.243 e. The third kappa shape index (κ3) is 7.21. The van der Waals surface area contributed by atoms with Crippen molar-refractivity contribution in [3.05, 3.63) is 36.0 Å². The summed E-state index contributed by atoms with van der Waals surface area (Å²) in [5.41, 5.74) is 7.01. The molecule has 0 saturated carbocycles. The first-order valence-corrected chi connectivity index (χ1v) is 11.2. The number of aromatic amines is 1. The van der Waals surface area contributed by atoms with Crippen molar-refractivity contribution in [2.75, 3.05) is 0 Å². The molecule has 0 radical (unpaired) electrons. The number of amides is 3. The largest absolute Gasteiger partial charge is 0.370 e. The number of benzene rings is 1. The molecule has 32 heavy (non-hydrogen) atoms. The van der Waals surface area contributed by atoms with E-state index in [1.165, 1.54) is 6.92 Å². The predicted octanol–water partition coefficient (Wildman–Crippen LogP) is 2.36. The second-order valence-corrected chi connectivity index (χ2v) is 8.36. The number of hydrogen-bond acceptors (Lipinski definition) is 4. The molecule has 2 aromatic rings. The second-order valence-electron chi connectivity index (χ2n) is 8.36. The van der Waals surface area contributed by atoms with Gasteiger partial charge in [0.05, 0.1) is 12.5 Å². The molecule has 0 saturated heterocycles. The molecular weight excluding hydrogens is 408 g/mol. The number of H-pyrrole nitrogens is 1. The molecule has 0 fully saturated rings. The van der Waals surface area contributed by atoms with Crippen molar-refractivity contribution in [2.45, 2.75) is 71.4 Å². The summed E-state index contributed by atoms with van der Waals surface area (Å²) < 4.78 is 0. The molecule has 1 aromatic heterocycles. The van der Waals surface area contributed by atoms with Gasteiger partial charge in [0.2, 0.25) is 17.7 Å². The van der Waals surface area contributed by atoms with E-state index < -0.39 is 23.9 Å². The van der Waals surface area contributed by atoms with Gasteiger partial charge in [-0.05, 0) is 25.0 Å². The Morgan fingerprint density at radius 2 is 1.72 bits per heavy atom. The Morgan fingerprint density at radius 3 is 2.38 bits per heavy atom. The average Bonchev–Trinajstić information content (AvgIpc) is 3.15. The van der Waals surface area contributed by atoms with E-state index in [0.29, 0.717) is 0 Å². The van der Waals surface area contributed by atoms with Gasteiger partial charge in [0, 0.05) is 29.4 Å². The molecule has 174 valence electrons. The Bertz CT molecular complexity index is 952. The quantitative estimate of drug-likeness (QED) is 0.354. The van der Waals surface area contributed by atoms with Crippen LogP contribution in [0.3, 0.4) is 0 Å². The number of ketones is 1. The summed E-state index contributed by atoms with van der Waals surface area (Å²) in [4.78, 5) is 52.2. The van der Waals surface area contributed by atoms with Crippen molar-refractivity contribution >= 4 is 34.4 Å². The molecule has 3 amide bonds. The Hall–Kier alpha value is -3.16. The highest BCUT2D eigenvalue weighted by Crippen LogP contribution is 2.20. The van der Waals surface area contributed by atoms with E-state index in [1.54, 1.807) is 0 Å². The lowest BCUT2D eigenvalue weighted by molar-refractivity contribution is -0.133. The predicted molar refractivity (Wildman–Crippen MR) is 124 cm³/mol. The zero-order chi connectivity index (χ0) is 23.7. The molecule has 0 aliphatic heterocycles. The third-order valence-corrected chi connectivity index (χ3v) is 5.63. The van der Waals surface area contributed by atoms with E-state index in [1.807, 2.05) is 37.4 Å². The summed E-state index contributed by atoms with van der Waals surface area (Å²) in [6, 6.07) is 5.77. The zero-order valence-electron chi connectivity index (χ0n) is 19.1. The number of para-hydroxylation sites is 1. The number of unbranched alkanes of at least 4 members (excludes halogenated alkanes) is 2. The Balaban J connectivity index is 2.21. The minimum atomic E-state index is -1.02. The van der Waals surface area contributed by atoms with Crippen LogP contribution >= 0.6 is 0 Å². The van der Waals surface area contributed by atoms with Gasteiger partial charge in [-0.15, -0.1) is 0 Å². The fourth-order valence-electron chi connectivity index (χ4n) is 3.65. The normalized spacial score (nSPS) is 13.8. The fourth-order valence-corrected chi connectivity index (χ4v) is 3.65. The van der Waals surface area contributed by atoms with Crippen LogP contribution in [-0.2, 0) is 25.6 Å². The lowest BCUT2D eigenvalue weighted by atomic mass is 9.99. The number of aromatic nitrogens is 1. The van der Waals surface area contributed by atoms with E-state index in [-0.39, 0.29) is 30.4 Å². The SMILES string of the molecule is CCCCCC(C)C(=O)NC(Cc1c[nH]c2ccccc12)C(=O)N[C@@H](CC(N)=O)C(C)=O. The summed E-state index contributed by atoms with van der Waals surface area (Å²) in [5, 5.41) is 6.40. The molecule has 8 heteroatoms. The molecule has 3 atom stereocenters. The van der Waals surface area contributed by atoms with Gasteiger partial charge < -0.3 is 21.4 Å². The average molecular weight is 443 g/mol. The Kier molecular flexibility index (Phi) is 9.43. The van der Waals surface area contributed by atoms with Gasteiger partial charge in [-0.2, -0.15) is 0 Å². The molecule has 5 N–H and O–H groups in total. The molecular formula is C24H34N4O4. The molecule has 2 unspecified atom stereocenters. The maximum atomic E-state index is 13.1. The number of carbonyl (C=O) groups excluding carboxylic acids is 4. The van der Waals surface area contributed by atoms with Crippen molar-refractivity contribution in [3.63, 3.8) is 0 Å². The number of hydrogen-bond donors (Lipinski definition) is 4. The lowest BCUT2D eigenvalue weighted by Gasteiger charge is -2.23. The van der Waals surface area contributed by atoms with Gasteiger partial charge in [0.1, 0.15) is 6.04 Å². The van der Waals surface area contributed by atoms with Crippen LogP contribution in [0.2, 0.25) is 0 Å². The third-order valence-electron chi connectivity index (χ3n) is 5.63. The number of primary amides is 1. The van der Waals surface area contributed by atoms with Crippen molar-refractivity contribution in [2.24, 2.45) is 11.7 Å². The van der Waals surface area contributed by atoms with Crippen molar-refractivity contribution in [1.29, 1.82) is 0 Å². The molecule has 0 aliphatic carbocycles. The van der Waals surface area contributed by atoms with E-state index in [2.05, 4.69) is 22.5 Å². The maximum absolute atomic E-state index is 13.1. The van der Waals surface area contributed by atoms with Crippen molar-refractivity contribution in [1.82, 2.24) is 15.6 Å². The highest BCUT2D eigenvalue weighted by Gasteiger charge is 2.28. The van der Waals surface area contributed by atoms with E-state index in [0.717, 1.165) is 42.1 Å². The summed E-state index contributed by atoms with van der Waals surface area (Å²) in [6.45, 7) is 5.23. The number of rotatable bonds is 13. The highest BCUT2D eigenvalue weighted by molar-refractivity contribution is 5.95. The van der Waals surface area contributed by atoms with E-state index in [9.17, 15) is 19.2 Å². The summed E-state index contributed by atoms with van der Waals surface area (Å²) in [6.07, 6.45) is 5.55. The van der Waals surface area contributed by atoms with Crippen LogP contribution in [0.1, 0.15) is 58.4 Å². The van der Waals surface area contributed by atoms with Crippen LogP contribution in [0.15, 0.2) is 30.5 Å². The summed E-state index contributed by atoms with van der Waals surface area (Å²) in [5.74, 6) is -2.04. The van der Waals surface area contributed by atoms with E-state index in [4.69, 9.17) is 5.73 Å². The standard InChI is InChI=1S/C24H34N4O4/c1-4-5-6-9-15(2)23(31)28-21(24(32)27-20(16(3)29)13-22(25)30)12-17-14-26-19-11-8-7-10-18(17)19/h7-8,10-11,14-15,20-21,26H,4-6,9,12-13H2,1-3H3,(H2,25,30)(H,27,32)(H,28,31)/t15?,20-,21?/m0/s1. The van der Waals surface area contributed by atoms with Gasteiger partial charge in [-0.1, -0.05) is 51.3 Å². The Labute approximate surface area is 188 Å². The van der Waals surface area contributed by atoms with Gasteiger partial charge in [-0.3, -0.25) is 19.2 Å². The minimum absolute atomic E-state index is 0.213. The Morgan fingerprint density at radius 1 is 1.03 bits per heavy atom. The molecule has 2 rings (SSSR count). The topological polar surface area (TPSA) is 134 Å². The first-order chi connectivity index (χ1) is 15.2. The van der Waals surface area contributed by atoms with Crippen LogP contribution < -0.4 is 16.4 Å². The number of nitrogens with one attached hydrogen (secondary N) is 3. The molecule has 0 aliphatic rings. The number of carbonyl (C=O) groups is 4. The van der Waals surface area contributed by atoms with Crippen molar-refractivity contribution < 1.29 is 19.2 Å². The zero-order valence-corrected chi connectivity index (χ0v) is 19.1. The van der Waals surface area contributed by atoms with Crippen LogP contribution in [0.4, 0.5) is 0 Å². The molecule has 0 bridgehead atoms. The van der Waals surface area contributed by atoms with Gasteiger partial charge in [0.15, 0.2) is 5.78 Å². The van der Waals surface area contributed by atoms with Crippen LogP contribution in [0.25, 0.3) is 10.9 Å². The molecule has 8 nitrogen and oxygen atoms in total. The fraction of sp³-hybridized carbons (Fsp3) is 0.500. The van der Waals surface area contributed by atoms with Gasteiger partial charge in [0.25, 0.3) is 0 Å². The van der Waals surface area contributed by atoms with Crippen molar-refractivity contribution in [3.8, 4) is 0 Å². The monoisotopic (exact) mass is 442 g/mol. The minimum Gasteiger partial charge on any atom is -0.370 e. The lowest BCUT2D eigenvalue weighted by Crippen LogP contribution is -2.53. The summed E-state index contributed by atoms with van der Waals surface area (Å²) in [7, 11) is 0. The molecule has 1 aromatic carbocycles. The number of nitrogens with two attached hydrogens (primary N) is 1. The van der Waals surface area contributed by atoms with Gasteiger partial charge >= 0.3 is 0 Å². The highest BCUT2D eigenvalue weighted by atomic mass is 16.2. The molecule has 0 spiro atoms. The second kappa shape index (κ2) is 12.0.